The quantitative estimate of drug-likeness (QED) is 0.766. The third kappa shape index (κ3) is 5.48. The lowest BCUT2D eigenvalue weighted by atomic mass is 9.96. The molecular formula is C23H29F2N3O2. The summed E-state index contributed by atoms with van der Waals surface area (Å²) in [5.74, 6) is -0.249. The van der Waals surface area contributed by atoms with Crippen molar-refractivity contribution >= 4 is 6.03 Å². The first-order valence-electron chi connectivity index (χ1n) is 10.2. The minimum Gasteiger partial charge on any atom is -0.494 e. The minimum atomic E-state index is -0.367. The zero-order valence-electron chi connectivity index (χ0n) is 17.7. The fourth-order valence-electron chi connectivity index (χ4n) is 3.70. The fraction of sp³-hybridized carbons (Fsp3) is 0.435. The zero-order valence-corrected chi connectivity index (χ0v) is 17.7. The second kappa shape index (κ2) is 9.89. The maximum Gasteiger partial charge on any atom is 0.317 e. The van der Waals surface area contributed by atoms with Crippen molar-refractivity contribution in [1.82, 2.24) is 15.1 Å². The van der Waals surface area contributed by atoms with Crippen LogP contribution in [-0.4, -0.2) is 49.1 Å². The minimum absolute atomic E-state index is 0.117. The van der Waals surface area contributed by atoms with Gasteiger partial charge < -0.3 is 15.0 Å². The van der Waals surface area contributed by atoms with Crippen LogP contribution in [0.25, 0.3) is 0 Å². The number of benzene rings is 2. The van der Waals surface area contributed by atoms with Crippen LogP contribution in [0.4, 0.5) is 13.6 Å². The number of hydrogen-bond donors (Lipinski definition) is 1. The van der Waals surface area contributed by atoms with Crippen molar-refractivity contribution in [3.05, 3.63) is 65.2 Å². The van der Waals surface area contributed by atoms with Crippen LogP contribution in [0.1, 0.15) is 31.0 Å². The molecule has 0 spiro atoms. The average Bonchev–Trinajstić information content (AvgIpc) is 2.73. The highest BCUT2D eigenvalue weighted by Crippen LogP contribution is 2.23. The number of carbonyl (C=O) groups excluding carboxylic acids is 1. The van der Waals surface area contributed by atoms with Crippen molar-refractivity contribution in [3.8, 4) is 5.75 Å². The molecule has 3 rings (SSSR count). The van der Waals surface area contributed by atoms with E-state index in [1.165, 1.54) is 25.3 Å². The Balaban J connectivity index is 1.54. The van der Waals surface area contributed by atoms with E-state index in [4.69, 9.17) is 4.74 Å². The van der Waals surface area contributed by atoms with Crippen molar-refractivity contribution < 1.29 is 18.3 Å². The summed E-state index contributed by atoms with van der Waals surface area (Å²) in [4.78, 5) is 16.8. The number of urea groups is 1. The predicted molar refractivity (Wildman–Crippen MR) is 112 cm³/mol. The molecular weight excluding hydrogens is 388 g/mol. The van der Waals surface area contributed by atoms with E-state index in [1.54, 1.807) is 23.1 Å². The van der Waals surface area contributed by atoms with Crippen LogP contribution in [-0.2, 0) is 6.54 Å². The average molecular weight is 418 g/mol. The molecule has 0 aliphatic carbocycles. The van der Waals surface area contributed by atoms with E-state index in [0.717, 1.165) is 11.1 Å². The molecule has 30 heavy (non-hydrogen) atoms. The van der Waals surface area contributed by atoms with Crippen molar-refractivity contribution in [3.63, 3.8) is 0 Å². The summed E-state index contributed by atoms with van der Waals surface area (Å²) in [6, 6.07) is 10.9. The van der Waals surface area contributed by atoms with E-state index in [1.807, 2.05) is 19.9 Å². The van der Waals surface area contributed by atoms with Crippen LogP contribution in [0.15, 0.2) is 42.5 Å². The molecule has 0 saturated carbocycles. The molecule has 162 valence electrons. The Hall–Kier alpha value is -2.67. The standard InChI is InChI=1S/C23H29F2N3O2/c1-16(2)22(18-5-7-19(24)8-6-18)26-23(29)28-12-10-27(11-13-28)15-17-4-9-21(30-3)20(25)14-17/h4-9,14,16,22H,10-13,15H2,1-3H3,(H,26,29)/t22-/m0/s1. The molecule has 2 amide bonds. The fourth-order valence-corrected chi connectivity index (χ4v) is 3.70. The van der Waals surface area contributed by atoms with E-state index < -0.39 is 0 Å². The topological polar surface area (TPSA) is 44.8 Å². The van der Waals surface area contributed by atoms with Gasteiger partial charge in [-0.25, -0.2) is 13.6 Å². The lowest BCUT2D eigenvalue weighted by Crippen LogP contribution is -2.52. The van der Waals surface area contributed by atoms with Gasteiger partial charge in [0.2, 0.25) is 0 Å². The summed E-state index contributed by atoms with van der Waals surface area (Å²) in [6.07, 6.45) is 0. The SMILES string of the molecule is COc1ccc(CN2CCN(C(=O)N[C@H](c3ccc(F)cc3)C(C)C)CC2)cc1F. The van der Waals surface area contributed by atoms with Crippen LogP contribution in [0, 0.1) is 17.6 Å². The molecule has 5 nitrogen and oxygen atoms in total. The van der Waals surface area contributed by atoms with E-state index in [-0.39, 0.29) is 35.4 Å². The predicted octanol–water partition coefficient (Wildman–Crippen LogP) is 4.20. The van der Waals surface area contributed by atoms with Gasteiger partial charge >= 0.3 is 6.03 Å². The van der Waals surface area contributed by atoms with Gasteiger partial charge in [-0.2, -0.15) is 0 Å². The summed E-state index contributed by atoms with van der Waals surface area (Å²) >= 11 is 0. The summed E-state index contributed by atoms with van der Waals surface area (Å²) in [7, 11) is 1.45. The molecule has 0 unspecified atom stereocenters. The lowest BCUT2D eigenvalue weighted by molar-refractivity contribution is 0.131. The molecule has 1 atom stereocenters. The normalized spacial score (nSPS) is 15.9. The molecule has 1 saturated heterocycles. The number of amides is 2. The number of nitrogens with one attached hydrogen (secondary N) is 1. The maximum absolute atomic E-state index is 13.9. The number of hydrogen-bond acceptors (Lipinski definition) is 3. The molecule has 1 heterocycles. The van der Waals surface area contributed by atoms with E-state index in [9.17, 15) is 13.6 Å². The van der Waals surface area contributed by atoms with Gasteiger partial charge in [-0.15, -0.1) is 0 Å². The van der Waals surface area contributed by atoms with Crippen molar-refractivity contribution in [2.24, 2.45) is 5.92 Å². The molecule has 2 aromatic rings. The third-order valence-electron chi connectivity index (χ3n) is 5.46. The number of nitrogens with zero attached hydrogens (tertiary/aromatic N) is 2. The number of carbonyl (C=O) groups is 1. The first kappa shape index (κ1) is 22.0. The van der Waals surface area contributed by atoms with Crippen LogP contribution in [0.5, 0.6) is 5.75 Å². The number of methoxy groups -OCH3 is 1. The van der Waals surface area contributed by atoms with Crippen molar-refractivity contribution in [2.75, 3.05) is 33.3 Å². The molecule has 1 aliphatic rings. The monoisotopic (exact) mass is 417 g/mol. The highest BCUT2D eigenvalue weighted by atomic mass is 19.1. The number of piperazine rings is 1. The largest absolute Gasteiger partial charge is 0.494 e. The van der Waals surface area contributed by atoms with E-state index >= 15 is 0 Å². The summed E-state index contributed by atoms with van der Waals surface area (Å²) < 4.78 is 32.1. The number of halogens is 2. The Morgan fingerprint density at radius 2 is 1.73 bits per heavy atom. The first-order chi connectivity index (χ1) is 14.4. The molecule has 0 bridgehead atoms. The number of ether oxygens (including phenoxy) is 1. The summed E-state index contributed by atoms with van der Waals surface area (Å²) in [6.45, 7) is 7.30. The maximum atomic E-state index is 13.9. The smallest absolute Gasteiger partial charge is 0.317 e. The molecule has 0 aromatic heterocycles. The van der Waals surface area contributed by atoms with E-state index in [2.05, 4.69) is 10.2 Å². The van der Waals surface area contributed by atoms with Gasteiger partial charge in [0.1, 0.15) is 5.82 Å². The Bertz CT molecular complexity index is 850. The molecule has 0 radical (unpaired) electrons. The van der Waals surface area contributed by atoms with Crippen LogP contribution >= 0.6 is 0 Å². The molecule has 1 aliphatic heterocycles. The second-order valence-electron chi connectivity index (χ2n) is 7.95. The third-order valence-corrected chi connectivity index (χ3v) is 5.46. The Morgan fingerprint density at radius 1 is 1.07 bits per heavy atom. The highest BCUT2D eigenvalue weighted by Gasteiger charge is 2.25. The van der Waals surface area contributed by atoms with Gasteiger partial charge in [0.25, 0.3) is 0 Å². The lowest BCUT2D eigenvalue weighted by Gasteiger charge is -2.36. The van der Waals surface area contributed by atoms with Crippen LogP contribution in [0.2, 0.25) is 0 Å². The van der Waals surface area contributed by atoms with Gasteiger partial charge in [-0.1, -0.05) is 32.0 Å². The zero-order chi connectivity index (χ0) is 21.7. The summed E-state index contributed by atoms with van der Waals surface area (Å²) in [5, 5.41) is 3.09. The van der Waals surface area contributed by atoms with Crippen molar-refractivity contribution in [1.29, 1.82) is 0 Å². The second-order valence-corrected chi connectivity index (χ2v) is 7.95. The molecule has 7 heteroatoms. The Morgan fingerprint density at radius 3 is 2.30 bits per heavy atom. The molecule has 2 aromatic carbocycles. The molecule has 1 N–H and O–H groups in total. The van der Waals surface area contributed by atoms with Gasteiger partial charge in [0, 0.05) is 32.7 Å². The summed E-state index contributed by atoms with van der Waals surface area (Å²) in [5.41, 5.74) is 1.77. The highest BCUT2D eigenvalue weighted by molar-refractivity contribution is 5.75. The first-order valence-corrected chi connectivity index (χ1v) is 10.2. The number of rotatable bonds is 6. The van der Waals surface area contributed by atoms with Gasteiger partial charge in [0.15, 0.2) is 11.6 Å². The van der Waals surface area contributed by atoms with E-state index in [0.29, 0.717) is 32.7 Å². The Kier molecular flexibility index (Phi) is 7.26. The van der Waals surface area contributed by atoms with Gasteiger partial charge in [-0.3, -0.25) is 4.90 Å². The van der Waals surface area contributed by atoms with Crippen LogP contribution < -0.4 is 10.1 Å². The van der Waals surface area contributed by atoms with Crippen LogP contribution in [0.3, 0.4) is 0 Å². The van der Waals surface area contributed by atoms with Crippen molar-refractivity contribution in [2.45, 2.75) is 26.4 Å². The molecule has 1 fully saturated rings. The Labute approximate surface area is 176 Å². The van der Waals surface area contributed by atoms with Gasteiger partial charge in [0.05, 0.1) is 13.2 Å². The van der Waals surface area contributed by atoms with Gasteiger partial charge in [-0.05, 0) is 41.3 Å².